The van der Waals surface area contributed by atoms with Crippen LogP contribution in [0.3, 0.4) is 0 Å². The monoisotopic (exact) mass is 315 g/mol. The molecule has 0 amide bonds. The molecule has 0 aliphatic heterocycles. The molecule has 0 heterocycles. The van der Waals surface area contributed by atoms with Crippen LogP contribution in [0.15, 0.2) is 23.1 Å². The maximum absolute atomic E-state index is 13.7. The number of carbonyl (C=O) groups is 1. The molecule has 1 saturated carbocycles. The number of carbonyl (C=O) groups excluding carboxylic acids is 1. The van der Waals surface area contributed by atoms with Crippen molar-refractivity contribution in [1.82, 2.24) is 5.32 Å². The van der Waals surface area contributed by atoms with Crippen molar-refractivity contribution < 1.29 is 18.3 Å². The van der Waals surface area contributed by atoms with Gasteiger partial charge in [0.25, 0.3) is 0 Å². The second kappa shape index (κ2) is 6.75. The van der Waals surface area contributed by atoms with Gasteiger partial charge in [-0.3, -0.25) is 4.79 Å². The van der Waals surface area contributed by atoms with E-state index in [2.05, 4.69) is 5.32 Å². The highest BCUT2D eigenvalue weighted by molar-refractivity contribution is 8.00. The van der Waals surface area contributed by atoms with Crippen LogP contribution in [0.1, 0.15) is 25.7 Å². The Labute approximate surface area is 127 Å². The van der Waals surface area contributed by atoms with Gasteiger partial charge in [0.05, 0.1) is 7.11 Å². The fourth-order valence-corrected chi connectivity index (χ4v) is 4.11. The van der Waals surface area contributed by atoms with Gasteiger partial charge in [0, 0.05) is 16.2 Å². The number of benzene rings is 1. The van der Waals surface area contributed by atoms with E-state index in [9.17, 15) is 13.6 Å². The maximum atomic E-state index is 13.7. The highest BCUT2D eigenvalue weighted by Crippen LogP contribution is 2.39. The molecule has 0 aromatic heterocycles. The molecule has 1 fully saturated rings. The van der Waals surface area contributed by atoms with E-state index in [4.69, 9.17) is 4.74 Å². The SMILES string of the molecule is CNC1(C(=O)OC)CCCC(Sc2ccc(F)cc2F)C1. The number of hydrogen-bond donors (Lipinski definition) is 1. The molecule has 1 aromatic carbocycles. The van der Waals surface area contributed by atoms with Gasteiger partial charge in [0.15, 0.2) is 0 Å². The lowest BCUT2D eigenvalue weighted by atomic mass is 9.81. The zero-order valence-corrected chi connectivity index (χ0v) is 12.9. The van der Waals surface area contributed by atoms with Crippen molar-refractivity contribution in [1.29, 1.82) is 0 Å². The normalized spacial score (nSPS) is 25.6. The molecule has 3 nitrogen and oxygen atoms in total. The molecule has 0 bridgehead atoms. The average molecular weight is 315 g/mol. The van der Waals surface area contributed by atoms with Gasteiger partial charge in [-0.15, -0.1) is 11.8 Å². The van der Waals surface area contributed by atoms with E-state index in [1.165, 1.54) is 31.0 Å². The van der Waals surface area contributed by atoms with Crippen molar-refractivity contribution in [3.8, 4) is 0 Å². The summed E-state index contributed by atoms with van der Waals surface area (Å²) in [4.78, 5) is 12.4. The van der Waals surface area contributed by atoms with E-state index < -0.39 is 17.2 Å². The highest BCUT2D eigenvalue weighted by Gasteiger charge is 2.42. The Kier molecular flexibility index (Phi) is 5.22. The number of nitrogens with one attached hydrogen (secondary N) is 1. The zero-order valence-electron chi connectivity index (χ0n) is 12.1. The Morgan fingerprint density at radius 1 is 1.48 bits per heavy atom. The van der Waals surface area contributed by atoms with Crippen molar-refractivity contribution in [3.63, 3.8) is 0 Å². The van der Waals surface area contributed by atoms with Crippen LogP contribution >= 0.6 is 11.8 Å². The molecule has 1 aromatic rings. The maximum Gasteiger partial charge on any atom is 0.326 e. The summed E-state index contributed by atoms with van der Waals surface area (Å²) in [5.41, 5.74) is -0.707. The molecule has 0 spiro atoms. The number of hydrogen-bond acceptors (Lipinski definition) is 4. The van der Waals surface area contributed by atoms with Crippen LogP contribution in [-0.4, -0.2) is 30.9 Å². The summed E-state index contributed by atoms with van der Waals surface area (Å²) in [6.07, 6.45) is 3.02. The van der Waals surface area contributed by atoms with Gasteiger partial charge in [0.1, 0.15) is 17.2 Å². The quantitative estimate of drug-likeness (QED) is 0.867. The van der Waals surface area contributed by atoms with E-state index >= 15 is 0 Å². The van der Waals surface area contributed by atoms with Crippen molar-refractivity contribution in [2.75, 3.05) is 14.2 Å². The summed E-state index contributed by atoms with van der Waals surface area (Å²) in [6, 6.07) is 3.58. The van der Waals surface area contributed by atoms with Crippen molar-refractivity contribution in [2.24, 2.45) is 0 Å². The fourth-order valence-electron chi connectivity index (χ4n) is 2.79. The van der Waals surface area contributed by atoms with Gasteiger partial charge in [0.2, 0.25) is 0 Å². The zero-order chi connectivity index (χ0) is 15.5. The van der Waals surface area contributed by atoms with Gasteiger partial charge >= 0.3 is 5.97 Å². The lowest BCUT2D eigenvalue weighted by Crippen LogP contribution is -2.54. The van der Waals surface area contributed by atoms with Crippen molar-refractivity contribution in [3.05, 3.63) is 29.8 Å². The Hall–Kier alpha value is -1.14. The third-order valence-corrected chi connectivity index (χ3v) is 5.27. The minimum Gasteiger partial charge on any atom is -0.468 e. The van der Waals surface area contributed by atoms with E-state index in [0.29, 0.717) is 17.7 Å². The molecule has 1 N–H and O–H groups in total. The van der Waals surface area contributed by atoms with Gasteiger partial charge in [-0.05, 0) is 44.9 Å². The van der Waals surface area contributed by atoms with Crippen molar-refractivity contribution in [2.45, 2.75) is 41.4 Å². The van der Waals surface area contributed by atoms with Crippen molar-refractivity contribution >= 4 is 17.7 Å². The van der Waals surface area contributed by atoms with Crippen LogP contribution in [0.4, 0.5) is 8.78 Å². The first-order chi connectivity index (χ1) is 10.0. The van der Waals surface area contributed by atoms with Crippen LogP contribution < -0.4 is 5.32 Å². The van der Waals surface area contributed by atoms with Gasteiger partial charge < -0.3 is 10.1 Å². The molecule has 2 atom stereocenters. The molecule has 1 aliphatic rings. The van der Waals surface area contributed by atoms with E-state index in [1.807, 2.05) is 0 Å². The molecule has 0 radical (unpaired) electrons. The summed E-state index contributed by atoms with van der Waals surface area (Å²) in [5, 5.41) is 3.15. The molecule has 116 valence electrons. The first-order valence-corrected chi connectivity index (χ1v) is 7.78. The fraction of sp³-hybridized carbons (Fsp3) is 0.533. The van der Waals surface area contributed by atoms with E-state index in [1.54, 1.807) is 7.05 Å². The number of rotatable bonds is 4. The second-order valence-electron chi connectivity index (χ2n) is 5.23. The largest absolute Gasteiger partial charge is 0.468 e. The van der Waals surface area contributed by atoms with Crippen LogP contribution in [0.25, 0.3) is 0 Å². The molecular weight excluding hydrogens is 296 g/mol. The van der Waals surface area contributed by atoms with Crippen LogP contribution in [0.5, 0.6) is 0 Å². The second-order valence-corrected chi connectivity index (χ2v) is 6.58. The number of esters is 1. The molecule has 2 rings (SSSR count). The predicted molar refractivity (Wildman–Crippen MR) is 78.3 cm³/mol. The average Bonchev–Trinajstić information content (AvgIpc) is 2.49. The standard InChI is InChI=1S/C15H19F2NO2S/c1-18-15(14(19)20-2)7-3-4-11(9-15)21-13-6-5-10(16)8-12(13)17/h5-6,8,11,18H,3-4,7,9H2,1-2H3. The summed E-state index contributed by atoms with van der Waals surface area (Å²) in [6.45, 7) is 0. The van der Waals surface area contributed by atoms with Gasteiger partial charge in [-0.1, -0.05) is 0 Å². The lowest BCUT2D eigenvalue weighted by molar-refractivity contribution is -0.149. The number of ether oxygens (including phenoxy) is 1. The van der Waals surface area contributed by atoms with Crippen LogP contribution in [-0.2, 0) is 9.53 Å². The minimum absolute atomic E-state index is 0.0882. The van der Waals surface area contributed by atoms with Gasteiger partial charge in [-0.25, -0.2) is 8.78 Å². The molecule has 0 saturated heterocycles. The van der Waals surface area contributed by atoms with E-state index in [0.717, 1.165) is 18.9 Å². The molecule has 21 heavy (non-hydrogen) atoms. The predicted octanol–water partition coefficient (Wildman–Crippen LogP) is 3.13. The number of likely N-dealkylation sites (N-methyl/N-ethyl adjacent to an activating group) is 1. The first kappa shape index (κ1) is 16.2. The lowest BCUT2D eigenvalue weighted by Gasteiger charge is -2.38. The third kappa shape index (κ3) is 3.55. The first-order valence-electron chi connectivity index (χ1n) is 6.90. The Morgan fingerprint density at radius 2 is 2.24 bits per heavy atom. The third-order valence-electron chi connectivity index (χ3n) is 3.95. The minimum atomic E-state index is -0.707. The molecule has 6 heteroatoms. The van der Waals surface area contributed by atoms with Crippen LogP contribution in [0, 0.1) is 11.6 Å². The topological polar surface area (TPSA) is 38.3 Å². The Balaban J connectivity index is 2.12. The smallest absolute Gasteiger partial charge is 0.326 e. The number of halogens is 2. The van der Waals surface area contributed by atoms with Gasteiger partial charge in [-0.2, -0.15) is 0 Å². The Morgan fingerprint density at radius 3 is 2.86 bits per heavy atom. The van der Waals surface area contributed by atoms with Crippen LogP contribution in [0.2, 0.25) is 0 Å². The molecule has 2 unspecified atom stereocenters. The summed E-state index contributed by atoms with van der Waals surface area (Å²) in [7, 11) is 3.11. The molecular formula is C15H19F2NO2S. The summed E-state index contributed by atoms with van der Waals surface area (Å²) in [5.74, 6) is -1.42. The number of thioether (sulfide) groups is 1. The summed E-state index contributed by atoms with van der Waals surface area (Å²) >= 11 is 1.36. The summed E-state index contributed by atoms with van der Waals surface area (Å²) < 4.78 is 31.6. The van der Waals surface area contributed by atoms with E-state index in [-0.39, 0.29) is 11.2 Å². The highest BCUT2D eigenvalue weighted by atomic mass is 32.2. The Bertz CT molecular complexity index is 526. The molecule has 1 aliphatic carbocycles. The number of methoxy groups -OCH3 is 1.